The molecule has 20 heavy (non-hydrogen) atoms. The third kappa shape index (κ3) is 2.84. The smallest absolute Gasteiger partial charge is 0.291 e. The number of hydrogen-bond acceptors (Lipinski definition) is 2. The van der Waals surface area contributed by atoms with Gasteiger partial charge in [-0.3, -0.25) is 4.85 Å². The van der Waals surface area contributed by atoms with Crippen molar-refractivity contribution in [1.82, 2.24) is 0 Å². The molecule has 0 aliphatic rings. The van der Waals surface area contributed by atoms with Crippen LogP contribution in [0.5, 0.6) is 0 Å². The highest BCUT2D eigenvalue weighted by Crippen LogP contribution is 2.30. The summed E-state index contributed by atoms with van der Waals surface area (Å²) in [4.78, 5) is 3.43. The Morgan fingerprint density at radius 2 is 1.60 bits per heavy atom. The molecule has 1 unspecified atom stereocenters. The van der Waals surface area contributed by atoms with Crippen LogP contribution in [0.1, 0.15) is 16.5 Å². The lowest BCUT2D eigenvalue weighted by Gasteiger charge is -2.08. The zero-order valence-corrected chi connectivity index (χ0v) is 12.3. The quantitative estimate of drug-likeness (QED) is 0.803. The first-order valence-electron chi connectivity index (χ1n) is 5.88. The van der Waals surface area contributed by atoms with E-state index in [0.29, 0.717) is 10.6 Å². The van der Waals surface area contributed by atoms with Gasteiger partial charge in [0.25, 0.3) is 9.84 Å². The summed E-state index contributed by atoms with van der Waals surface area (Å²) in [7, 11) is -3.73. The fourth-order valence-corrected chi connectivity index (χ4v) is 3.36. The fourth-order valence-electron chi connectivity index (χ4n) is 1.81. The van der Waals surface area contributed by atoms with Crippen molar-refractivity contribution < 1.29 is 8.42 Å². The zero-order valence-electron chi connectivity index (χ0n) is 10.7. The van der Waals surface area contributed by atoms with E-state index in [1.54, 1.807) is 36.4 Å². The highest BCUT2D eigenvalue weighted by molar-refractivity contribution is 7.91. The van der Waals surface area contributed by atoms with Gasteiger partial charge >= 0.3 is 5.37 Å². The maximum absolute atomic E-state index is 12.5. The molecule has 0 heterocycles. The molecule has 2 aromatic rings. The van der Waals surface area contributed by atoms with Gasteiger partial charge in [-0.2, -0.15) is 0 Å². The Morgan fingerprint density at radius 1 is 1.05 bits per heavy atom. The van der Waals surface area contributed by atoms with E-state index < -0.39 is 15.2 Å². The van der Waals surface area contributed by atoms with Crippen LogP contribution in [0.4, 0.5) is 0 Å². The summed E-state index contributed by atoms with van der Waals surface area (Å²) in [5, 5.41) is -0.743. The molecule has 2 aromatic carbocycles. The molecule has 5 heteroatoms. The molecule has 1 atom stereocenters. The fraction of sp³-hybridized carbons (Fsp3) is 0.133. The van der Waals surface area contributed by atoms with Gasteiger partial charge < -0.3 is 0 Å². The second kappa shape index (κ2) is 5.66. The molecule has 0 radical (unpaired) electrons. The highest BCUT2D eigenvalue weighted by atomic mass is 35.5. The van der Waals surface area contributed by atoms with Gasteiger partial charge in [0, 0.05) is 5.02 Å². The normalized spacial score (nSPS) is 12.7. The van der Waals surface area contributed by atoms with Crippen molar-refractivity contribution in [3.8, 4) is 0 Å². The summed E-state index contributed by atoms with van der Waals surface area (Å²) < 4.78 is 25.0. The standard InChI is InChI=1S/C15H12ClNO2S/c1-11-3-9-14(10-4-11)20(18,19)15(17-2)12-5-7-13(16)8-6-12/h3-10,15H,1H3. The lowest BCUT2D eigenvalue weighted by molar-refractivity contribution is 0.590. The van der Waals surface area contributed by atoms with Crippen LogP contribution in [0.2, 0.25) is 5.02 Å². The molecule has 0 aliphatic heterocycles. The first-order chi connectivity index (χ1) is 9.45. The van der Waals surface area contributed by atoms with E-state index in [1.807, 2.05) is 6.92 Å². The minimum absolute atomic E-state index is 0.152. The van der Waals surface area contributed by atoms with Crippen molar-refractivity contribution >= 4 is 21.4 Å². The summed E-state index contributed by atoms with van der Waals surface area (Å²) in [6, 6.07) is 12.8. The van der Waals surface area contributed by atoms with E-state index in [9.17, 15) is 8.42 Å². The van der Waals surface area contributed by atoms with Gasteiger partial charge in [-0.1, -0.05) is 29.3 Å². The van der Waals surface area contributed by atoms with Crippen molar-refractivity contribution in [3.05, 3.63) is 76.1 Å². The lowest BCUT2D eigenvalue weighted by Crippen LogP contribution is -2.10. The van der Waals surface area contributed by atoms with Crippen LogP contribution < -0.4 is 0 Å². The number of halogens is 1. The topological polar surface area (TPSA) is 38.5 Å². The van der Waals surface area contributed by atoms with Gasteiger partial charge in [0.2, 0.25) is 0 Å². The van der Waals surface area contributed by atoms with Gasteiger partial charge in [-0.05, 0) is 43.3 Å². The van der Waals surface area contributed by atoms with E-state index in [2.05, 4.69) is 4.85 Å². The summed E-state index contributed by atoms with van der Waals surface area (Å²) in [5.41, 5.74) is 1.39. The summed E-state index contributed by atoms with van der Waals surface area (Å²) in [6.07, 6.45) is 0. The largest absolute Gasteiger partial charge is 0.350 e. The van der Waals surface area contributed by atoms with Crippen molar-refractivity contribution in [2.75, 3.05) is 0 Å². The molecule has 0 bridgehead atoms. The Hall–Kier alpha value is -1.83. The SMILES string of the molecule is [C-]#[N+]C(c1ccc(Cl)cc1)S(=O)(=O)c1ccc(C)cc1. The maximum atomic E-state index is 12.5. The summed E-state index contributed by atoms with van der Waals surface area (Å²) >= 11 is 5.78. The van der Waals surface area contributed by atoms with Gasteiger partial charge in [0.15, 0.2) is 0 Å². The first kappa shape index (κ1) is 14.6. The number of sulfone groups is 1. The van der Waals surface area contributed by atoms with Gasteiger partial charge in [0.1, 0.15) is 0 Å². The minimum Gasteiger partial charge on any atom is -0.291 e. The Balaban J connectivity index is 2.48. The number of nitrogens with zero attached hydrogens (tertiary/aromatic N) is 1. The van der Waals surface area contributed by atoms with Crippen LogP contribution in [-0.2, 0) is 9.84 Å². The Labute approximate surface area is 123 Å². The molecule has 3 nitrogen and oxygen atoms in total. The van der Waals surface area contributed by atoms with E-state index in [4.69, 9.17) is 18.2 Å². The van der Waals surface area contributed by atoms with Crippen LogP contribution >= 0.6 is 11.6 Å². The summed E-state index contributed by atoms with van der Waals surface area (Å²) in [5.74, 6) is 0. The lowest BCUT2D eigenvalue weighted by atomic mass is 10.2. The molecule has 0 amide bonds. The monoisotopic (exact) mass is 305 g/mol. The van der Waals surface area contributed by atoms with Gasteiger partial charge in [0.05, 0.1) is 10.5 Å². The molecule has 0 fully saturated rings. The molecule has 0 aromatic heterocycles. The number of rotatable bonds is 3. The second-order valence-corrected chi connectivity index (χ2v) is 6.84. The molecule has 0 aliphatic carbocycles. The predicted molar refractivity (Wildman–Crippen MR) is 79.2 cm³/mol. The maximum Gasteiger partial charge on any atom is 0.350 e. The number of aryl methyl sites for hydroxylation is 1. The Bertz CT molecular complexity index is 744. The van der Waals surface area contributed by atoms with Crippen LogP contribution in [0, 0.1) is 13.5 Å². The second-order valence-electron chi connectivity index (χ2n) is 4.39. The number of benzene rings is 2. The molecule has 102 valence electrons. The molecule has 0 N–H and O–H groups in total. The van der Waals surface area contributed by atoms with Crippen LogP contribution in [-0.4, -0.2) is 8.42 Å². The van der Waals surface area contributed by atoms with Crippen LogP contribution in [0.25, 0.3) is 4.85 Å². The molecule has 0 spiro atoms. The Morgan fingerprint density at radius 3 is 2.10 bits per heavy atom. The molecular formula is C15H12ClNO2S. The van der Waals surface area contributed by atoms with Gasteiger partial charge in [-0.15, -0.1) is 0 Å². The first-order valence-corrected chi connectivity index (χ1v) is 7.80. The van der Waals surface area contributed by atoms with Gasteiger partial charge in [-0.25, -0.2) is 15.0 Å². The van der Waals surface area contributed by atoms with Crippen molar-refractivity contribution in [2.24, 2.45) is 0 Å². The molecule has 0 saturated carbocycles. The molecular weight excluding hydrogens is 294 g/mol. The predicted octanol–water partition coefficient (Wildman–Crippen LogP) is 4.04. The van der Waals surface area contributed by atoms with E-state index in [-0.39, 0.29) is 4.90 Å². The zero-order chi connectivity index (χ0) is 14.8. The van der Waals surface area contributed by atoms with Crippen molar-refractivity contribution in [2.45, 2.75) is 17.2 Å². The molecule has 2 rings (SSSR count). The summed E-state index contributed by atoms with van der Waals surface area (Å²) in [6.45, 7) is 9.09. The van der Waals surface area contributed by atoms with E-state index >= 15 is 0 Å². The van der Waals surface area contributed by atoms with Crippen LogP contribution in [0.15, 0.2) is 53.4 Å². The average molecular weight is 306 g/mol. The van der Waals surface area contributed by atoms with Crippen molar-refractivity contribution in [3.63, 3.8) is 0 Å². The van der Waals surface area contributed by atoms with Crippen LogP contribution in [0.3, 0.4) is 0 Å². The number of hydrogen-bond donors (Lipinski definition) is 0. The van der Waals surface area contributed by atoms with E-state index in [1.165, 1.54) is 12.1 Å². The molecule has 0 saturated heterocycles. The minimum atomic E-state index is -3.73. The highest BCUT2D eigenvalue weighted by Gasteiger charge is 2.34. The third-order valence-corrected chi connectivity index (χ3v) is 5.06. The van der Waals surface area contributed by atoms with E-state index in [0.717, 1.165) is 5.56 Å². The third-order valence-electron chi connectivity index (χ3n) is 2.92. The average Bonchev–Trinajstić information content (AvgIpc) is 2.42. The van der Waals surface area contributed by atoms with Crippen molar-refractivity contribution in [1.29, 1.82) is 0 Å². The Kier molecular flexibility index (Phi) is 4.12.